The van der Waals surface area contributed by atoms with Crippen LogP contribution in [0.4, 0.5) is 5.95 Å². The molecule has 1 aromatic heterocycles. The van der Waals surface area contributed by atoms with Gasteiger partial charge in [0.1, 0.15) is 12.1 Å². The number of aromatic nitrogens is 2. The highest BCUT2D eigenvalue weighted by Crippen LogP contribution is 2.23. The van der Waals surface area contributed by atoms with Crippen LogP contribution in [-0.4, -0.2) is 39.6 Å². The summed E-state index contributed by atoms with van der Waals surface area (Å²) < 4.78 is 0. The number of rotatable bonds is 2. The number of benzene rings is 1. The van der Waals surface area contributed by atoms with Crippen molar-refractivity contribution in [3.05, 3.63) is 46.3 Å². The van der Waals surface area contributed by atoms with E-state index in [1.54, 1.807) is 12.1 Å². The van der Waals surface area contributed by atoms with Crippen molar-refractivity contribution >= 4 is 23.7 Å². The van der Waals surface area contributed by atoms with Crippen LogP contribution in [0, 0.1) is 22.7 Å². The van der Waals surface area contributed by atoms with Crippen LogP contribution in [-0.2, 0) is 0 Å². The van der Waals surface area contributed by atoms with Gasteiger partial charge in [-0.25, -0.2) is 4.98 Å². The molecule has 0 fully saturated rings. The maximum absolute atomic E-state index is 12.2. The molecule has 0 saturated carbocycles. The summed E-state index contributed by atoms with van der Waals surface area (Å²) in [7, 11) is 1.36. The Hall–Kier alpha value is -3.98. The van der Waals surface area contributed by atoms with Crippen LogP contribution in [0.1, 0.15) is 42.5 Å². The second-order valence-corrected chi connectivity index (χ2v) is 4.92. The van der Waals surface area contributed by atoms with E-state index in [0.29, 0.717) is 0 Å². The van der Waals surface area contributed by atoms with Crippen molar-refractivity contribution in [1.82, 2.24) is 14.9 Å². The minimum absolute atomic E-state index is 0.0619. The van der Waals surface area contributed by atoms with Crippen LogP contribution in [0.2, 0.25) is 0 Å². The van der Waals surface area contributed by atoms with Crippen molar-refractivity contribution in [2.75, 3.05) is 12.4 Å². The molecule has 0 atom stereocenters. The Morgan fingerprint density at radius 2 is 1.92 bits per heavy atom. The van der Waals surface area contributed by atoms with Crippen molar-refractivity contribution in [2.45, 2.75) is 0 Å². The van der Waals surface area contributed by atoms with Gasteiger partial charge in [-0.15, -0.1) is 0 Å². The molecular formula is C15H8N6O3. The average Bonchev–Trinajstić information content (AvgIpc) is 3.09. The molecule has 9 heteroatoms. The Morgan fingerprint density at radius 1 is 1.21 bits per heavy atom. The number of imidazole rings is 1. The van der Waals surface area contributed by atoms with Crippen LogP contribution >= 0.6 is 0 Å². The van der Waals surface area contributed by atoms with Gasteiger partial charge in [-0.05, 0) is 18.2 Å². The first-order valence-corrected chi connectivity index (χ1v) is 6.64. The average molecular weight is 320 g/mol. The number of fused-ring (bicyclic) bond motifs is 1. The van der Waals surface area contributed by atoms with Crippen molar-refractivity contribution in [2.24, 2.45) is 0 Å². The van der Waals surface area contributed by atoms with Gasteiger partial charge < -0.3 is 4.98 Å². The number of anilines is 1. The molecule has 24 heavy (non-hydrogen) atoms. The van der Waals surface area contributed by atoms with Gasteiger partial charge in [0.15, 0.2) is 11.4 Å². The van der Waals surface area contributed by atoms with Crippen molar-refractivity contribution < 1.29 is 14.4 Å². The van der Waals surface area contributed by atoms with Gasteiger partial charge in [0.2, 0.25) is 5.95 Å². The van der Waals surface area contributed by atoms with Gasteiger partial charge >= 0.3 is 0 Å². The van der Waals surface area contributed by atoms with E-state index in [9.17, 15) is 14.4 Å². The Bertz CT molecular complexity index is 960. The molecule has 2 aromatic rings. The monoisotopic (exact) mass is 320 g/mol. The quantitative estimate of drug-likeness (QED) is 0.777. The summed E-state index contributed by atoms with van der Waals surface area (Å²) in [6.07, 6.45) is 0. The number of nitrogens with one attached hydrogen (secondary N) is 2. The first-order valence-electron chi connectivity index (χ1n) is 6.64. The summed E-state index contributed by atoms with van der Waals surface area (Å²) in [6.45, 7) is 0. The summed E-state index contributed by atoms with van der Waals surface area (Å²) >= 11 is 0. The maximum atomic E-state index is 12.2. The number of imide groups is 1. The molecule has 1 aromatic carbocycles. The molecule has 1 aliphatic rings. The molecule has 3 rings (SSSR count). The highest BCUT2D eigenvalue weighted by molar-refractivity contribution is 6.22. The van der Waals surface area contributed by atoms with E-state index in [2.05, 4.69) is 15.3 Å². The molecular weight excluding hydrogens is 312 g/mol. The molecule has 2 heterocycles. The maximum Gasteiger partial charge on any atom is 0.261 e. The Balaban J connectivity index is 1.89. The molecule has 3 amide bonds. The van der Waals surface area contributed by atoms with E-state index in [4.69, 9.17) is 10.5 Å². The predicted octanol–water partition coefficient (Wildman–Crippen LogP) is 0.631. The third-order valence-electron chi connectivity index (χ3n) is 3.51. The molecule has 0 unspecified atom stereocenters. The lowest BCUT2D eigenvalue weighted by Gasteiger charge is -2.03. The topological polar surface area (TPSA) is 143 Å². The minimum Gasteiger partial charge on any atom is -0.314 e. The molecule has 0 saturated heterocycles. The Kier molecular flexibility index (Phi) is 3.32. The van der Waals surface area contributed by atoms with E-state index in [0.717, 1.165) is 4.90 Å². The smallest absolute Gasteiger partial charge is 0.261 e. The molecule has 9 nitrogen and oxygen atoms in total. The van der Waals surface area contributed by atoms with Gasteiger partial charge in [-0.1, -0.05) is 0 Å². The SMILES string of the molecule is CN1C(=O)c2ccc(C(=O)Nc3nc(C#N)c(C#N)[nH]3)cc2C1=O. The van der Waals surface area contributed by atoms with E-state index >= 15 is 0 Å². The highest BCUT2D eigenvalue weighted by Gasteiger charge is 2.33. The molecule has 2 N–H and O–H groups in total. The minimum atomic E-state index is -0.602. The number of hydrogen-bond acceptors (Lipinski definition) is 6. The number of aromatic amines is 1. The van der Waals surface area contributed by atoms with Gasteiger partial charge in [0.25, 0.3) is 17.7 Å². The number of hydrogen-bond donors (Lipinski definition) is 2. The molecule has 116 valence electrons. The van der Waals surface area contributed by atoms with Crippen LogP contribution in [0.15, 0.2) is 18.2 Å². The molecule has 0 spiro atoms. The lowest BCUT2D eigenvalue weighted by Crippen LogP contribution is -2.24. The highest BCUT2D eigenvalue weighted by atomic mass is 16.2. The van der Waals surface area contributed by atoms with E-state index in [1.807, 2.05) is 0 Å². The van der Waals surface area contributed by atoms with Crippen LogP contribution in [0.25, 0.3) is 0 Å². The third-order valence-corrected chi connectivity index (χ3v) is 3.51. The molecule has 0 bridgehead atoms. The zero-order valence-corrected chi connectivity index (χ0v) is 12.2. The number of H-pyrrole nitrogens is 1. The number of carbonyl (C=O) groups excluding carboxylic acids is 3. The van der Waals surface area contributed by atoms with Crippen molar-refractivity contribution in [3.8, 4) is 12.1 Å². The van der Waals surface area contributed by atoms with Crippen molar-refractivity contribution in [3.63, 3.8) is 0 Å². The molecule has 0 radical (unpaired) electrons. The Morgan fingerprint density at radius 3 is 2.54 bits per heavy atom. The van der Waals surface area contributed by atoms with E-state index in [-0.39, 0.29) is 34.0 Å². The fourth-order valence-electron chi connectivity index (χ4n) is 2.28. The second-order valence-electron chi connectivity index (χ2n) is 4.92. The number of carbonyl (C=O) groups is 3. The fraction of sp³-hybridized carbons (Fsp3) is 0.0667. The van der Waals surface area contributed by atoms with Gasteiger partial charge in [-0.2, -0.15) is 10.5 Å². The van der Waals surface area contributed by atoms with Crippen LogP contribution in [0.5, 0.6) is 0 Å². The second kappa shape index (κ2) is 5.34. The largest absolute Gasteiger partial charge is 0.314 e. The number of nitrogens with zero attached hydrogens (tertiary/aromatic N) is 4. The zero-order valence-electron chi connectivity index (χ0n) is 12.2. The first kappa shape index (κ1) is 14.9. The van der Waals surface area contributed by atoms with Gasteiger partial charge in [-0.3, -0.25) is 24.6 Å². The summed E-state index contributed by atoms with van der Waals surface area (Å²) in [5.41, 5.74) is 0.313. The summed E-state index contributed by atoms with van der Waals surface area (Å²) in [5, 5.41) is 20.1. The van der Waals surface area contributed by atoms with Gasteiger partial charge in [0, 0.05) is 12.6 Å². The lowest BCUT2D eigenvalue weighted by atomic mass is 10.1. The van der Waals surface area contributed by atoms with Gasteiger partial charge in [0.05, 0.1) is 11.1 Å². The lowest BCUT2D eigenvalue weighted by molar-refractivity contribution is 0.0693. The zero-order chi connectivity index (χ0) is 17.4. The third kappa shape index (κ3) is 2.17. The standard InChI is InChI=1S/C15H8N6O3/c1-21-13(23)8-3-2-7(4-9(8)14(21)24)12(22)20-15-18-10(5-16)11(6-17)19-15/h2-4H,1H3,(H2,18,19,20,22). The normalized spacial score (nSPS) is 12.5. The van der Waals surface area contributed by atoms with Crippen LogP contribution < -0.4 is 5.32 Å². The number of nitriles is 2. The fourth-order valence-corrected chi connectivity index (χ4v) is 2.28. The molecule has 0 aliphatic carbocycles. The summed E-state index contributed by atoms with van der Waals surface area (Å²) in [5.74, 6) is -1.57. The van der Waals surface area contributed by atoms with Crippen molar-refractivity contribution in [1.29, 1.82) is 10.5 Å². The van der Waals surface area contributed by atoms with E-state index < -0.39 is 17.7 Å². The van der Waals surface area contributed by atoms with Crippen LogP contribution in [0.3, 0.4) is 0 Å². The molecule has 1 aliphatic heterocycles. The predicted molar refractivity (Wildman–Crippen MR) is 78.8 cm³/mol. The van der Waals surface area contributed by atoms with E-state index in [1.165, 1.54) is 25.2 Å². The Labute approximate surface area is 135 Å². The first-order chi connectivity index (χ1) is 11.5. The summed E-state index contributed by atoms with van der Waals surface area (Å²) in [6, 6.07) is 7.59. The summed E-state index contributed by atoms with van der Waals surface area (Å²) in [4.78, 5) is 43.2. The number of amides is 3.